The summed E-state index contributed by atoms with van der Waals surface area (Å²) in [6.45, 7) is 6.09. The number of carbonyl (C=O) groups excluding carboxylic acids is 1. The molecule has 1 aromatic rings. The van der Waals surface area contributed by atoms with Gasteiger partial charge in [-0.3, -0.25) is 4.79 Å². The first-order valence-corrected chi connectivity index (χ1v) is 7.71. The van der Waals surface area contributed by atoms with Crippen LogP contribution in [0.2, 0.25) is 0 Å². The lowest BCUT2D eigenvalue weighted by Gasteiger charge is -2.36. The zero-order chi connectivity index (χ0) is 15.3. The van der Waals surface area contributed by atoms with Crippen molar-refractivity contribution in [2.45, 2.75) is 38.6 Å². The number of rotatable bonds is 5. The molecule has 0 bridgehead atoms. The van der Waals surface area contributed by atoms with E-state index < -0.39 is 5.54 Å². The maximum absolute atomic E-state index is 12.5. The molecule has 22 heavy (non-hydrogen) atoms. The molecule has 2 rings (SSSR count). The maximum Gasteiger partial charge on any atom is 0.242 e. The maximum atomic E-state index is 12.5. The van der Waals surface area contributed by atoms with E-state index in [-0.39, 0.29) is 18.3 Å². The minimum absolute atomic E-state index is 0. The minimum atomic E-state index is -0.406. The van der Waals surface area contributed by atoms with Crippen LogP contribution >= 0.6 is 12.4 Å². The number of ether oxygens (including phenoxy) is 1. The summed E-state index contributed by atoms with van der Waals surface area (Å²) < 4.78 is 5.71. The summed E-state index contributed by atoms with van der Waals surface area (Å²) in [5, 5.41) is 3.36. The first-order valence-electron chi connectivity index (χ1n) is 7.71. The lowest BCUT2D eigenvalue weighted by molar-refractivity contribution is -0.137. The SMILES string of the molecule is Cc1cccc(OCCN(C)C(=O)C2(C)CCCCN2)c1.Cl. The molecule has 1 aliphatic rings. The molecule has 1 aromatic carbocycles. The Labute approximate surface area is 139 Å². The summed E-state index contributed by atoms with van der Waals surface area (Å²) >= 11 is 0. The largest absolute Gasteiger partial charge is 0.492 e. The number of nitrogens with one attached hydrogen (secondary N) is 1. The molecule has 0 aliphatic carbocycles. The van der Waals surface area contributed by atoms with Crippen LogP contribution in [0.25, 0.3) is 0 Å². The van der Waals surface area contributed by atoms with Crippen LogP contribution in [0.15, 0.2) is 24.3 Å². The van der Waals surface area contributed by atoms with Gasteiger partial charge in [-0.25, -0.2) is 0 Å². The monoisotopic (exact) mass is 326 g/mol. The smallest absolute Gasteiger partial charge is 0.242 e. The van der Waals surface area contributed by atoms with E-state index in [2.05, 4.69) is 5.32 Å². The number of halogens is 1. The van der Waals surface area contributed by atoms with Crippen LogP contribution in [0.1, 0.15) is 31.7 Å². The fourth-order valence-electron chi connectivity index (χ4n) is 2.77. The van der Waals surface area contributed by atoms with Gasteiger partial charge in [0, 0.05) is 7.05 Å². The van der Waals surface area contributed by atoms with Crippen molar-refractivity contribution in [1.82, 2.24) is 10.2 Å². The Morgan fingerprint density at radius 3 is 2.82 bits per heavy atom. The summed E-state index contributed by atoms with van der Waals surface area (Å²) in [5.41, 5.74) is 0.770. The van der Waals surface area contributed by atoms with E-state index in [9.17, 15) is 4.79 Å². The Kier molecular flexibility index (Phi) is 7.17. The van der Waals surface area contributed by atoms with Crippen LogP contribution in [0, 0.1) is 6.92 Å². The van der Waals surface area contributed by atoms with Gasteiger partial charge in [0.05, 0.1) is 12.1 Å². The van der Waals surface area contributed by atoms with E-state index in [0.717, 1.165) is 31.6 Å². The van der Waals surface area contributed by atoms with Crippen molar-refractivity contribution >= 4 is 18.3 Å². The van der Waals surface area contributed by atoms with Gasteiger partial charge in [-0.1, -0.05) is 12.1 Å². The number of hydrogen-bond donors (Lipinski definition) is 1. The van der Waals surface area contributed by atoms with Gasteiger partial charge in [-0.05, 0) is 57.4 Å². The van der Waals surface area contributed by atoms with Crippen molar-refractivity contribution in [3.8, 4) is 5.75 Å². The highest BCUT2D eigenvalue weighted by atomic mass is 35.5. The Bertz CT molecular complexity index is 487. The molecule has 1 N–H and O–H groups in total. The predicted molar refractivity (Wildman–Crippen MR) is 91.8 cm³/mol. The summed E-state index contributed by atoms with van der Waals surface area (Å²) in [6, 6.07) is 7.97. The van der Waals surface area contributed by atoms with Gasteiger partial charge in [-0.2, -0.15) is 0 Å². The second-order valence-corrected chi connectivity index (χ2v) is 6.11. The van der Waals surface area contributed by atoms with E-state index >= 15 is 0 Å². The molecule has 0 saturated carbocycles. The van der Waals surface area contributed by atoms with Crippen LogP contribution in [0.3, 0.4) is 0 Å². The van der Waals surface area contributed by atoms with Crippen molar-refractivity contribution < 1.29 is 9.53 Å². The van der Waals surface area contributed by atoms with Gasteiger partial charge < -0.3 is 15.0 Å². The molecule has 5 heteroatoms. The fourth-order valence-corrected chi connectivity index (χ4v) is 2.77. The number of hydrogen-bond acceptors (Lipinski definition) is 3. The van der Waals surface area contributed by atoms with Crippen molar-refractivity contribution in [2.24, 2.45) is 0 Å². The van der Waals surface area contributed by atoms with Crippen molar-refractivity contribution in [2.75, 3.05) is 26.7 Å². The molecule has 0 radical (unpaired) electrons. The van der Waals surface area contributed by atoms with Gasteiger partial charge in [0.1, 0.15) is 12.4 Å². The number of amides is 1. The third-order valence-electron chi connectivity index (χ3n) is 4.12. The Balaban J connectivity index is 0.00000242. The Hall–Kier alpha value is -1.26. The molecular weight excluding hydrogens is 300 g/mol. The van der Waals surface area contributed by atoms with Crippen LogP contribution in [0.4, 0.5) is 0 Å². The highest BCUT2D eigenvalue weighted by Crippen LogP contribution is 2.20. The van der Waals surface area contributed by atoms with E-state index in [1.54, 1.807) is 4.90 Å². The van der Waals surface area contributed by atoms with Crippen molar-refractivity contribution in [1.29, 1.82) is 0 Å². The third kappa shape index (κ3) is 4.89. The van der Waals surface area contributed by atoms with Gasteiger partial charge in [0.15, 0.2) is 0 Å². The number of nitrogens with zero attached hydrogens (tertiary/aromatic N) is 1. The summed E-state index contributed by atoms with van der Waals surface area (Å²) in [5.74, 6) is 1.02. The molecule has 1 heterocycles. The first-order chi connectivity index (χ1) is 10.0. The molecule has 0 spiro atoms. The molecule has 1 aliphatic heterocycles. The molecule has 1 unspecified atom stereocenters. The van der Waals surface area contributed by atoms with Crippen LogP contribution in [0.5, 0.6) is 5.75 Å². The average molecular weight is 327 g/mol. The standard InChI is InChI=1S/C17H26N2O2.ClH/c1-14-7-6-8-15(13-14)21-12-11-19(3)16(20)17(2)9-4-5-10-18-17;/h6-8,13,18H,4-5,9-12H2,1-3H3;1H. The minimum Gasteiger partial charge on any atom is -0.492 e. The second-order valence-electron chi connectivity index (χ2n) is 6.11. The third-order valence-corrected chi connectivity index (χ3v) is 4.12. The Morgan fingerprint density at radius 1 is 1.41 bits per heavy atom. The Morgan fingerprint density at radius 2 is 2.18 bits per heavy atom. The van der Waals surface area contributed by atoms with Crippen molar-refractivity contribution in [3.63, 3.8) is 0 Å². The number of carbonyl (C=O) groups is 1. The number of piperidine rings is 1. The molecule has 0 aromatic heterocycles. The molecule has 1 amide bonds. The zero-order valence-corrected chi connectivity index (χ0v) is 14.5. The van der Waals surface area contributed by atoms with Crippen LogP contribution < -0.4 is 10.1 Å². The lowest BCUT2D eigenvalue weighted by atomic mass is 9.89. The highest BCUT2D eigenvalue weighted by molar-refractivity contribution is 5.86. The lowest BCUT2D eigenvalue weighted by Crippen LogP contribution is -2.57. The topological polar surface area (TPSA) is 41.6 Å². The van der Waals surface area contributed by atoms with Crippen LogP contribution in [-0.4, -0.2) is 43.1 Å². The first kappa shape index (κ1) is 18.8. The summed E-state index contributed by atoms with van der Waals surface area (Å²) in [7, 11) is 1.85. The number of benzene rings is 1. The van der Waals surface area contributed by atoms with E-state index in [1.165, 1.54) is 5.56 Å². The normalized spacial score (nSPS) is 20.9. The summed E-state index contributed by atoms with van der Waals surface area (Å²) in [6.07, 6.45) is 3.18. The summed E-state index contributed by atoms with van der Waals surface area (Å²) in [4.78, 5) is 14.3. The van der Waals surface area contributed by atoms with Crippen LogP contribution in [-0.2, 0) is 4.79 Å². The average Bonchev–Trinajstić information content (AvgIpc) is 2.47. The molecule has 4 nitrogen and oxygen atoms in total. The fraction of sp³-hybridized carbons (Fsp3) is 0.588. The molecule has 1 saturated heterocycles. The second kappa shape index (κ2) is 8.39. The molecule has 124 valence electrons. The molecular formula is C17H27ClN2O2. The molecule has 1 fully saturated rings. The van der Waals surface area contributed by atoms with Gasteiger partial charge in [0.2, 0.25) is 5.91 Å². The van der Waals surface area contributed by atoms with Gasteiger partial charge in [-0.15, -0.1) is 12.4 Å². The predicted octanol–water partition coefficient (Wildman–Crippen LogP) is 2.79. The quantitative estimate of drug-likeness (QED) is 0.904. The van der Waals surface area contributed by atoms with Gasteiger partial charge in [0.25, 0.3) is 0 Å². The van der Waals surface area contributed by atoms with Crippen molar-refractivity contribution in [3.05, 3.63) is 29.8 Å². The number of aryl methyl sites for hydroxylation is 1. The van der Waals surface area contributed by atoms with E-state index in [1.807, 2.05) is 45.2 Å². The molecule has 1 atom stereocenters. The number of likely N-dealkylation sites (N-methyl/N-ethyl adjacent to an activating group) is 1. The highest BCUT2D eigenvalue weighted by Gasteiger charge is 2.36. The zero-order valence-electron chi connectivity index (χ0n) is 13.7. The van der Waals surface area contributed by atoms with Gasteiger partial charge >= 0.3 is 0 Å². The van der Waals surface area contributed by atoms with E-state index in [0.29, 0.717) is 13.2 Å². The van der Waals surface area contributed by atoms with E-state index in [4.69, 9.17) is 4.74 Å².